The molecular weight excluding hydrogens is 238 g/mol. The van der Waals surface area contributed by atoms with Gasteiger partial charge in [0.2, 0.25) is 0 Å². The third-order valence-corrected chi connectivity index (χ3v) is 3.01. The molecule has 0 atom stereocenters. The molecule has 5 nitrogen and oxygen atoms in total. The molecule has 0 bridgehead atoms. The van der Waals surface area contributed by atoms with E-state index in [1.165, 1.54) is 4.64 Å². The van der Waals surface area contributed by atoms with Gasteiger partial charge in [0.05, 0.1) is 11.8 Å². The largest absolute Gasteiger partial charge is 0.357 e. The summed E-state index contributed by atoms with van der Waals surface area (Å²) in [4.78, 5) is 4.37. The van der Waals surface area contributed by atoms with Crippen molar-refractivity contribution in [3.05, 3.63) is 11.9 Å². The Kier molecular flexibility index (Phi) is 5.41. The molecule has 98 valence electrons. The minimum atomic E-state index is 0.894. The fraction of sp³-hybridized carbons (Fsp3) is 0.727. The number of hydrazine groups is 1. The van der Waals surface area contributed by atoms with Crippen LogP contribution in [-0.2, 0) is 0 Å². The van der Waals surface area contributed by atoms with Gasteiger partial charge in [0, 0.05) is 32.3 Å². The molecule has 0 aromatic rings. The molecule has 0 aromatic carbocycles. The number of hydrazone groups is 1. The summed E-state index contributed by atoms with van der Waals surface area (Å²) in [5.74, 6) is 1.88. The van der Waals surface area contributed by atoms with Crippen molar-refractivity contribution in [2.45, 2.75) is 27.7 Å². The molecule has 1 N–H and O–H groups in total. The van der Waals surface area contributed by atoms with Crippen LogP contribution in [0.15, 0.2) is 17.0 Å². The van der Waals surface area contributed by atoms with Crippen molar-refractivity contribution in [3.8, 4) is 0 Å². The van der Waals surface area contributed by atoms with Crippen LogP contribution in [0.4, 0.5) is 0 Å². The second-order valence-electron chi connectivity index (χ2n) is 3.70. The van der Waals surface area contributed by atoms with E-state index in [9.17, 15) is 0 Å². The summed E-state index contributed by atoms with van der Waals surface area (Å²) >= 11 is 5.96. The number of amidine groups is 1. The molecule has 17 heavy (non-hydrogen) atoms. The third kappa shape index (κ3) is 3.43. The lowest BCUT2D eigenvalue weighted by molar-refractivity contribution is 0.269. The lowest BCUT2D eigenvalue weighted by atomic mass is 10.3. The van der Waals surface area contributed by atoms with Gasteiger partial charge in [-0.2, -0.15) is 0 Å². The lowest BCUT2D eigenvalue weighted by Gasteiger charge is -2.32. The summed E-state index contributed by atoms with van der Waals surface area (Å²) in [6.45, 7) is 12.2. The normalized spacial score (nSPS) is 15.0. The van der Waals surface area contributed by atoms with Crippen molar-refractivity contribution in [1.82, 2.24) is 19.9 Å². The second-order valence-corrected chi connectivity index (χ2v) is 4.02. The molecule has 1 aliphatic rings. The Morgan fingerprint density at radius 3 is 2.12 bits per heavy atom. The van der Waals surface area contributed by atoms with Crippen LogP contribution in [0.5, 0.6) is 0 Å². The van der Waals surface area contributed by atoms with Crippen molar-refractivity contribution >= 4 is 17.6 Å². The number of hydrogen-bond donors (Lipinski definition) is 1. The van der Waals surface area contributed by atoms with Gasteiger partial charge in [-0.15, -0.1) is 9.74 Å². The first-order valence-corrected chi connectivity index (χ1v) is 6.52. The second kappa shape index (κ2) is 6.59. The van der Waals surface area contributed by atoms with Gasteiger partial charge in [-0.25, -0.2) is 0 Å². The molecule has 0 unspecified atom stereocenters. The van der Waals surface area contributed by atoms with Gasteiger partial charge in [-0.3, -0.25) is 5.43 Å². The molecule has 0 fully saturated rings. The van der Waals surface area contributed by atoms with Crippen LogP contribution < -0.4 is 5.43 Å². The van der Waals surface area contributed by atoms with E-state index in [-0.39, 0.29) is 0 Å². The summed E-state index contributed by atoms with van der Waals surface area (Å²) in [6.07, 6.45) is 2.04. The Morgan fingerprint density at radius 1 is 1.12 bits per heavy atom. The van der Waals surface area contributed by atoms with E-state index >= 15 is 0 Å². The molecule has 0 spiro atoms. The SMILES string of the molecule is CCN(CC)C1=CC(N(CC)CC)=NN(Cl)N1. The van der Waals surface area contributed by atoms with Crippen LogP contribution in [-0.4, -0.2) is 46.5 Å². The molecule has 1 heterocycles. The van der Waals surface area contributed by atoms with Crippen molar-refractivity contribution in [1.29, 1.82) is 0 Å². The number of nitrogens with one attached hydrogen (secondary N) is 1. The fourth-order valence-corrected chi connectivity index (χ4v) is 1.99. The fourth-order valence-electron chi connectivity index (χ4n) is 1.82. The number of likely N-dealkylation sites (N-methyl/N-ethyl adjacent to an activating group) is 1. The maximum Gasteiger partial charge on any atom is 0.155 e. The zero-order chi connectivity index (χ0) is 12.8. The van der Waals surface area contributed by atoms with E-state index in [1.807, 2.05) is 6.08 Å². The molecular formula is C11H22ClN5. The number of rotatable bonds is 5. The highest BCUT2D eigenvalue weighted by atomic mass is 35.5. The van der Waals surface area contributed by atoms with Crippen LogP contribution in [0, 0.1) is 0 Å². The van der Waals surface area contributed by atoms with Crippen LogP contribution in [0.3, 0.4) is 0 Å². The zero-order valence-electron chi connectivity index (χ0n) is 11.1. The van der Waals surface area contributed by atoms with Gasteiger partial charge in [0.25, 0.3) is 0 Å². The average Bonchev–Trinajstić information content (AvgIpc) is 2.31. The van der Waals surface area contributed by atoms with E-state index in [4.69, 9.17) is 11.8 Å². The summed E-state index contributed by atoms with van der Waals surface area (Å²) in [7, 11) is 0. The minimum absolute atomic E-state index is 0.894. The third-order valence-electron chi connectivity index (χ3n) is 2.85. The van der Waals surface area contributed by atoms with Crippen LogP contribution in [0.2, 0.25) is 0 Å². The summed E-state index contributed by atoms with van der Waals surface area (Å²) < 4.78 is 1.25. The molecule has 0 amide bonds. The molecule has 0 aliphatic carbocycles. The average molecular weight is 260 g/mol. The number of halogens is 1. The summed E-state index contributed by atoms with van der Waals surface area (Å²) in [5.41, 5.74) is 3.02. The predicted octanol–water partition coefficient (Wildman–Crippen LogP) is 1.80. The summed E-state index contributed by atoms with van der Waals surface area (Å²) in [5, 5.41) is 4.25. The molecule has 0 saturated carbocycles. The van der Waals surface area contributed by atoms with Crippen LogP contribution in [0.1, 0.15) is 27.7 Å². The Bertz CT molecular complexity index is 294. The summed E-state index contributed by atoms with van der Waals surface area (Å²) in [6, 6.07) is 0. The first-order chi connectivity index (χ1) is 8.15. The van der Waals surface area contributed by atoms with Gasteiger partial charge < -0.3 is 9.80 Å². The van der Waals surface area contributed by atoms with E-state index in [0.29, 0.717) is 0 Å². The monoisotopic (exact) mass is 259 g/mol. The van der Waals surface area contributed by atoms with Crippen molar-refractivity contribution in [3.63, 3.8) is 0 Å². The standard InChI is InChI=1S/C11H22ClN5/c1-5-15(6-2)10-9-11(14-17(12)13-10)16(7-3)8-4/h9,13H,5-8H2,1-4H3. The Balaban J connectivity index is 2.90. The van der Waals surface area contributed by atoms with Gasteiger partial charge in [-0.05, 0) is 27.7 Å². The Morgan fingerprint density at radius 2 is 1.65 bits per heavy atom. The molecule has 1 rings (SSSR count). The van der Waals surface area contributed by atoms with Crippen molar-refractivity contribution in [2.24, 2.45) is 5.10 Å². The van der Waals surface area contributed by atoms with E-state index in [0.717, 1.165) is 37.8 Å². The maximum atomic E-state index is 5.96. The van der Waals surface area contributed by atoms with Crippen molar-refractivity contribution < 1.29 is 0 Å². The van der Waals surface area contributed by atoms with Gasteiger partial charge >= 0.3 is 0 Å². The highest BCUT2D eigenvalue weighted by molar-refractivity contribution is 6.14. The van der Waals surface area contributed by atoms with E-state index in [1.54, 1.807) is 0 Å². The highest BCUT2D eigenvalue weighted by Gasteiger charge is 2.17. The minimum Gasteiger partial charge on any atom is -0.357 e. The van der Waals surface area contributed by atoms with Crippen molar-refractivity contribution in [2.75, 3.05) is 26.2 Å². The van der Waals surface area contributed by atoms with Gasteiger partial charge in [0.1, 0.15) is 5.82 Å². The lowest BCUT2D eigenvalue weighted by Crippen LogP contribution is -2.43. The molecule has 6 heteroatoms. The van der Waals surface area contributed by atoms with Crippen LogP contribution >= 0.6 is 11.8 Å². The quantitative estimate of drug-likeness (QED) is 0.764. The molecule has 0 radical (unpaired) electrons. The molecule has 0 aromatic heterocycles. The van der Waals surface area contributed by atoms with E-state index in [2.05, 4.69) is 48.0 Å². The Hall–Kier alpha value is -1.10. The Labute approximate surface area is 109 Å². The van der Waals surface area contributed by atoms with E-state index < -0.39 is 0 Å². The zero-order valence-corrected chi connectivity index (χ0v) is 11.8. The highest BCUT2D eigenvalue weighted by Crippen LogP contribution is 2.11. The molecule has 1 aliphatic heterocycles. The van der Waals surface area contributed by atoms with Gasteiger partial charge in [0.15, 0.2) is 5.84 Å². The van der Waals surface area contributed by atoms with Gasteiger partial charge in [-0.1, -0.05) is 0 Å². The first-order valence-electron chi connectivity index (χ1n) is 6.18. The molecule has 0 saturated heterocycles. The predicted molar refractivity (Wildman–Crippen MR) is 72.2 cm³/mol. The van der Waals surface area contributed by atoms with Crippen LogP contribution in [0.25, 0.3) is 0 Å². The number of nitrogens with zero attached hydrogens (tertiary/aromatic N) is 4. The first kappa shape index (κ1) is 14.0. The smallest absolute Gasteiger partial charge is 0.155 e. The number of hydrogen-bond acceptors (Lipinski definition) is 5. The maximum absolute atomic E-state index is 5.96. The topological polar surface area (TPSA) is 34.1 Å².